The average Bonchev–Trinajstić information content (AvgIpc) is 0.723. The molecule has 0 radical (unpaired) electrons. The first-order valence-electron chi connectivity index (χ1n) is 25.4. The molecule has 0 spiro atoms. The van der Waals surface area contributed by atoms with Gasteiger partial charge < -0.3 is 0 Å². The molecule has 590 valence electrons. The van der Waals surface area contributed by atoms with Crippen LogP contribution < -0.4 is 0 Å². The van der Waals surface area contributed by atoms with Gasteiger partial charge in [0.1, 0.15) is 0 Å². The molecule has 0 N–H and O–H groups in total. The van der Waals surface area contributed by atoms with Gasteiger partial charge in [0.25, 0.3) is 0 Å². The molecule has 5 aromatic carbocycles. The highest BCUT2D eigenvalue weighted by Crippen LogP contribution is 2.57. The molecule has 104 heavy (non-hydrogen) atoms. The molecule has 0 unspecified atom stereocenters. The van der Waals surface area contributed by atoms with Gasteiger partial charge in [0, 0.05) is 30.2 Å². The molecule has 5 aromatic rings. The summed E-state index contributed by atoms with van der Waals surface area (Å²) in [6.45, 7) is 3.03. The molecule has 4 nitrogen and oxygen atoms in total. The van der Waals surface area contributed by atoms with Crippen molar-refractivity contribution < 1.29 is 216 Å². The maximum Gasteiger partial charge on any atom is 0.439 e. The van der Waals surface area contributed by atoms with Crippen molar-refractivity contribution in [3.63, 3.8) is 0 Å². The van der Waals surface area contributed by atoms with E-state index in [1.165, 1.54) is 6.92 Å². The molecule has 2 fully saturated rings. The van der Waals surface area contributed by atoms with E-state index in [4.69, 9.17) is 0 Å². The smallest absolute Gasteiger partial charge is 0.243 e. The fourth-order valence-electron chi connectivity index (χ4n) is 6.97. The van der Waals surface area contributed by atoms with E-state index in [0.29, 0.717) is 20.8 Å². The van der Waals surface area contributed by atoms with Crippen molar-refractivity contribution in [2.75, 3.05) is 13.6 Å². The highest BCUT2D eigenvalue weighted by Gasteiger charge is 2.83. The van der Waals surface area contributed by atoms with Crippen LogP contribution in [-0.4, -0.2) is 77.9 Å². The third-order valence-corrected chi connectivity index (χ3v) is 12.3. The van der Waals surface area contributed by atoms with E-state index in [1.807, 2.05) is 0 Å². The minimum absolute atomic E-state index is 0.0570. The lowest BCUT2D eigenvalue weighted by atomic mass is 9.98. The molecule has 2 saturated heterocycles. The van der Waals surface area contributed by atoms with E-state index in [0.717, 1.165) is 6.92 Å². The predicted molar refractivity (Wildman–Crippen MR) is 252 cm³/mol. The first-order chi connectivity index (χ1) is 46.5. The maximum atomic E-state index is 13.8. The van der Waals surface area contributed by atoms with Crippen molar-refractivity contribution in [2.24, 2.45) is 0 Å². The molecule has 51 heteroatoms. The zero-order chi connectivity index (χ0) is 82.8. The quantitative estimate of drug-likeness (QED) is 0.0732. The summed E-state index contributed by atoms with van der Waals surface area (Å²) in [5, 5.41) is 0. The van der Waals surface area contributed by atoms with Gasteiger partial charge in [0.15, 0.2) is 122 Å². The van der Waals surface area contributed by atoms with Gasteiger partial charge in [-0.1, -0.05) is 20.8 Å². The van der Waals surface area contributed by atoms with Crippen LogP contribution in [0.1, 0.15) is 51.3 Å². The summed E-state index contributed by atoms with van der Waals surface area (Å²) in [6.07, 6.45) is -28.8. The van der Waals surface area contributed by atoms with Crippen LogP contribution in [0.25, 0.3) is 22.3 Å². The molecule has 7 rings (SSSR count). The number of hydrogen-bond donors (Lipinski definition) is 0. The van der Waals surface area contributed by atoms with Crippen molar-refractivity contribution in [2.45, 2.75) is 109 Å². The number of morpholine rings is 2. The summed E-state index contributed by atoms with van der Waals surface area (Å²) in [4.78, 5) is -3.31. The summed E-state index contributed by atoms with van der Waals surface area (Å²) in [6, 6.07) is -22.1. The second-order valence-electron chi connectivity index (χ2n) is 19.0. The van der Waals surface area contributed by atoms with Gasteiger partial charge in [-0.3, -0.25) is 0 Å². The number of allylic oxidation sites excluding steroid dienone is 2. The van der Waals surface area contributed by atoms with Crippen LogP contribution in [0.2, 0.25) is 0 Å². The summed E-state index contributed by atoms with van der Waals surface area (Å²) in [7, 11) is -0.260. The van der Waals surface area contributed by atoms with Crippen LogP contribution in [0.3, 0.4) is 0 Å². The monoisotopic (exact) mass is 1620 g/mol. The fraction of sp³-hybridized carbons (Fsp3) is 0.358. The number of benzene rings is 5. The molecule has 2 aliphatic heterocycles. The van der Waals surface area contributed by atoms with Gasteiger partial charge in [-0.25, -0.2) is 115 Å². The number of rotatable bonds is 6. The van der Waals surface area contributed by atoms with Gasteiger partial charge in [0.2, 0.25) is 23.3 Å². The van der Waals surface area contributed by atoms with Gasteiger partial charge in [-0.05, 0) is 33.7 Å². The van der Waals surface area contributed by atoms with Crippen molar-refractivity contribution >= 4 is 0 Å². The van der Waals surface area contributed by atoms with E-state index in [2.05, 4.69) is 9.47 Å². The van der Waals surface area contributed by atoms with Crippen molar-refractivity contribution in [3.05, 3.63) is 174 Å². The Labute approximate surface area is 544 Å². The molecule has 0 bridgehead atoms. The second-order valence-corrected chi connectivity index (χ2v) is 19.0. The first kappa shape index (κ1) is 94.1. The lowest BCUT2D eigenvalue weighted by Gasteiger charge is -2.46. The first-order valence-corrected chi connectivity index (χ1v) is 25.4. The summed E-state index contributed by atoms with van der Waals surface area (Å²) in [5.41, 5.74) is -11.2. The minimum Gasteiger partial charge on any atom is -0.243 e. The topological polar surface area (TPSA) is 24.9 Å². The van der Waals surface area contributed by atoms with E-state index < -0.39 is 274 Å². The van der Waals surface area contributed by atoms with Crippen LogP contribution in [0, 0.1) is 141 Å². The van der Waals surface area contributed by atoms with Crippen molar-refractivity contribution in [1.82, 2.24) is 9.80 Å². The van der Waals surface area contributed by atoms with Crippen LogP contribution in [0.4, 0.5) is 206 Å². The molecular weight excluding hydrogens is 1590 g/mol. The van der Waals surface area contributed by atoms with E-state index in [1.54, 1.807) is 0 Å². The zero-order valence-electron chi connectivity index (χ0n) is 50.1. The molecule has 0 aliphatic carbocycles. The SMILES string of the molecule is CC(F)(F)C(F)=C(F)F.CC(F)=C(F)F.CCN1C(F)(F)C(F)(F)OC(F)(F)C1(F)F.CCc1c(F)c(F)c(-c2c(F)c(F)c(F)c(F)c2F)c(F)c1F.CCc1c(F)c(F)c(F)c(F)c1F.CN1C(F)(F)C(F)(F)OC(F)(F)C1(F)F.Cc1c(F)c(F)c(-c2c(F)c(F)c(F)c(F)c2F)c(F)c1F. The number of likely N-dealkylation sites (N-methyl/N-ethyl adjacent to an activating group) is 2. The van der Waals surface area contributed by atoms with Crippen LogP contribution in [0.15, 0.2) is 23.8 Å². The van der Waals surface area contributed by atoms with Gasteiger partial charge in [-0.15, -0.1) is 0 Å². The molecular formula is C53H27F47N2O2. The Bertz CT molecular complexity index is 3760. The van der Waals surface area contributed by atoms with Crippen LogP contribution >= 0.6 is 0 Å². The number of hydrogen-bond acceptors (Lipinski definition) is 4. The predicted octanol–water partition coefficient (Wildman–Crippen LogP) is 22.9. The Hall–Kier alpha value is -7.87. The number of halogens is 47. The average molecular weight is 1620 g/mol. The highest BCUT2D eigenvalue weighted by molar-refractivity contribution is 5.69. The third-order valence-electron chi connectivity index (χ3n) is 12.3. The Balaban J connectivity index is 0.000000627. The third kappa shape index (κ3) is 18.1. The number of nitrogens with zero attached hydrogens (tertiary/aromatic N) is 2. The number of ether oxygens (including phenoxy) is 2. The summed E-state index contributed by atoms with van der Waals surface area (Å²) >= 11 is 0. The highest BCUT2D eigenvalue weighted by atomic mass is 19.4. The van der Waals surface area contributed by atoms with Crippen molar-refractivity contribution in [3.8, 4) is 22.3 Å². The standard InChI is InChI=1S/C14H5F9.C13H3F9.C8H5F5.C6H5F8NO.C5H3F8NO.C4H3F5.C3H3F3/c1-2-3-6(15)8(17)4(9(18)7(3)16)5-10(19)12(21)14(23)13(22)11(5)20;1-2-5(14)7(16)3(8(17)6(2)15)4-9(18)11(20)13(22)12(21)10(4)19;1-2-3-4(9)6(11)8(13)7(12)5(3)10;1-2-15-3(7,8)5(11,12)16-6(13,14)4(15,9)10;1-14-2(6,7)4(10,11)15-5(12,13)3(14,8)9;1-4(8,9)2(5)3(6)7;1-2(4)3(5)6/h2H2,1H3;1H3;2H2,1H3;2H2,1H3;1H3;1H3;1H3. The van der Waals surface area contributed by atoms with Crippen LogP contribution in [-0.2, 0) is 22.3 Å². The molecule has 0 saturated carbocycles. The zero-order valence-corrected chi connectivity index (χ0v) is 50.1. The van der Waals surface area contributed by atoms with E-state index in [-0.39, 0.29) is 20.4 Å². The summed E-state index contributed by atoms with van der Waals surface area (Å²) < 4.78 is 596. The van der Waals surface area contributed by atoms with Gasteiger partial charge >= 0.3 is 66.7 Å². The lowest BCUT2D eigenvalue weighted by Crippen LogP contribution is -2.73. The molecule has 0 atom stereocenters. The Morgan fingerprint density at radius 2 is 0.500 bits per heavy atom. The number of alkyl halides is 18. The molecule has 0 aromatic heterocycles. The minimum atomic E-state index is -5.70. The Kier molecular flexibility index (Phi) is 30.1. The normalized spacial score (nSPS) is 17.1. The van der Waals surface area contributed by atoms with E-state index in [9.17, 15) is 206 Å². The van der Waals surface area contributed by atoms with Crippen molar-refractivity contribution in [1.29, 1.82) is 0 Å². The Morgan fingerprint density at radius 3 is 0.683 bits per heavy atom. The fourth-order valence-corrected chi connectivity index (χ4v) is 6.97. The van der Waals surface area contributed by atoms with E-state index >= 15 is 0 Å². The van der Waals surface area contributed by atoms with Crippen LogP contribution in [0.5, 0.6) is 0 Å². The molecule has 2 heterocycles. The Morgan fingerprint density at radius 1 is 0.317 bits per heavy atom. The lowest BCUT2D eigenvalue weighted by molar-refractivity contribution is -0.562. The summed E-state index contributed by atoms with van der Waals surface area (Å²) in [5.74, 6) is -60.2. The molecule has 0 amide bonds. The van der Waals surface area contributed by atoms with Gasteiger partial charge in [0.05, 0.1) is 22.3 Å². The largest absolute Gasteiger partial charge is 0.439 e. The van der Waals surface area contributed by atoms with Gasteiger partial charge in [-0.2, -0.15) is 111 Å². The maximum absolute atomic E-state index is 13.8. The molecule has 2 aliphatic rings. The second kappa shape index (κ2) is 33.3.